The minimum atomic E-state index is -3.32. The molecular weight excluding hydrogens is 442 g/mol. The van der Waals surface area contributed by atoms with Crippen LogP contribution in [-0.2, 0) is 14.6 Å². The molecule has 0 aliphatic rings. The van der Waals surface area contributed by atoms with Crippen molar-refractivity contribution in [1.82, 2.24) is 9.88 Å². The molecule has 0 bridgehead atoms. The van der Waals surface area contributed by atoms with Gasteiger partial charge in [-0.25, -0.2) is 13.4 Å². The van der Waals surface area contributed by atoms with Gasteiger partial charge >= 0.3 is 0 Å². The zero-order valence-corrected chi connectivity index (χ0v) is 19.3. The van der Waals surface area contributed by atoms with Crippen molar-refractivity contribution in [2.45, 2.75) is 4.90 Å². The first kappa shape index (κ1) is 22.4. The summed E-state index contributed by atoms with van der Waals surface area (Å²) in [5, 5.41) is 1.08. The van der Waals surface area contributed by atoms with E-state index in [1.165, 1.54) is 29.7 Å². The molecule has 0 unspecified atom stereocenters. The summed E-state index contributed by atoms with van der Waals surface area (Å²) in [4.78, 5) is 21.4. The minimum absolute atomic E-state index is 0.223. The third kappa shape index (κ3) is 5.46. The normalized spacial score (nSPS) is 12.2. The van der Waals surface area contributed by atoms with Crippen LogP contribution in [0.1, 0.15) is 5.56 Å². The summed E-state index contributed by atoms with van der Waals surface area (Å²) in [5.74, 6) is -0.223. The van der Waals surface area contributed by atoms with Crippen molar-refractivity contribution < 1.29 is 13.2 Å². The Hall–Kier alpha value is -2.26. The highest BCUT2D eigenvalue weighted by Gasteiger charge is 2.19. The van der Waals surface area contributed by atoms with Gasteiger partial charge in [0, 0.05) is 30.4 Å². The van der Waals surface area contributed by atoms with Crippen molar-refractivity contribution in [2.24, 2.45) is 0 Å². The van der Waals surface area contributed by atoms with Crippen LogP contribution in [-0.4, -0.2) is 57.6 Å². The first-order valence-electron chi connectivity index (χ1n) is 9.14. The van der Waals surface area contributed by atoms with Crippen LogP contribution in [0.3, 0.4) is 0 Å². The first-order valence-corrected chi connectivity index (χ1v) is 12.2. The molecule has 1 heterocycles. The molecule has 158 valence electrons. The van der Waals surface area contributed by atoms with E-state index >= 15 is 0 Å². The highest BCUT2D eigenvalue weighted by molar-refractivity contribution is 7.90. The van der Waals surface area contributed by atoms with Gasteiger partial charge < -0.3 is 4.90 Å². The quantitative estimate of drug-likeness (QED) is 0.496. The standard InChI is InChI=1S/C21H22ClN3O3S2/c1-24(2)12-13-25(20(26)11-8-15-6-4-5-7-17(15)22)21-23-18-10-9-16(30(3,27)28)14-19(18)29-21/h4-11,14H,12-13H2,1-3H3. The fraction of sp³-hybridized carbons (Fsp3) is 0.238. The Morgan fingerprint density at radius 3 is 2.57 bits per heavy atom. The number of nitrogens with zero attached hydrogens (tertiary/aromatic N) is 3. The number of halogens is 1. The summed E-state index contributed by atoms with van der Waals surface area (Å²) < 4.78 is 24.4. The van der Waals surface area contributed by atoms with Crippen molar-refractivity contribution in [3.8, 4) is 0 Å². The van der Waals surface area contributed by atoms with Gasteiger partial charge in [0.2, 0.25) is 0 Å². The Balaban J connectivity index is 1.94. The van der Waals surface area contributed by atoms with Gasteiger partial charge in [-0.2, -0.15) is 0 Å². The molecule has 0 aliphatic heterocycles. The molecular formula is C21H22ClN3O3S2. The van der Waals surface area contributed by atoms with Crippen molar-refractivity contribution in [3.05, 3.63) is 59.1 Å². The minimum Gasteiger partial charge on any atom is -0.308 e. The van der Waals surface area contributed by atoms with Gasteiger partial charge in [0.1, 0.15) is 0 Å². The van der Waals surface area contributed by atoms with Crippen LogP contribution in [0.2, 0.25) is 5.02 Å². The van der Waals surface area contributed by atoms with Crippen LogP contribution in [0.25, 0.3) is 16.3 Å². The molecule has 0 radical (unpaired) electrons. The van der Waals surface area contributed by atoms with Crippen LogP contribution in [0.5, 0.6) is 0 Å². The number of anilines is 1. The van der Waals surface area contributed by atoms with E-state index in [2.05, 4.69) is 4.98 Å². The maximum absolute atomic E-state index is 13.0. The number of amides is 1. The van der Waals surface area contributed by atoms with E-state index in [9.17, 15) is 13.2 Å². The number of sulfone groups is 1. The van der Waals surface area contributed by atoms with Gasteiger partial charge in [-0.3, -0.25) is 9.69 Å². The molecule has 1 aromatic heterocycles. The van der Waals surface area contributed by atoms with E-state index in [1.807, 2.05) is 37.2 Å². The molecule has 0 atom stereocenters. The predicted octanol–water partition coefficient (Wildman–Crippen LogP) is 3.96. The summed E-state index contributed by atoms with van der Waals surface area (Å²) in [6.45, 7) is 1.09. The maximum atomic E-state index is 13.0. The fourth-order valence-electron chi connectivity index (χ4n) is 2.70. The second-order valence-electron chi connectivity index (χ2n) is 7.05. The molecule has 1 amide bonds. The van der Waals surface area contributed by atoms with Crippen molar-refractivity contribution in [3.63, 3.8) is 0 Å². The Labute approximate surface area is 185 Å². The molecule has 6 nitrogen and oxygen atoms in total. The zero-order valence-electron chi connectivity index (χ0n) is 16.9. The number of likely N-dealkylation sites (N-methyl/N-ethyl adjacent to an activating group) is 1. The Bertz CT molecular complexity index is 1200. The highest BCUT2D eigenvalue weighted by atomic mass is 35.5. The molecule has 0 fully saturated rings. The number of rotatable bonds is 7. The average molecular weight is 464 g/mol. The summed E-state index contributed by atoms with van der Waals surface area (Å²) in [7, 11) is 0.541. The number of aromatic nitrogens is 1. The number of carbonyl (C=O) groups is 1. The van der Waals surface area contributed by atoms with Crippen LogP contribution < -0.4 is 4.90 Å². The number of hydrogen-bond acceptors (Lipinski definition) is 6. The Kier molecular flexibility index (Phi) is 6.92. The predicted molar refractivity (Wildman–Crippen MR) is 124 cm³/mol. The van der Waals surface area contributed by atoms with Crippen molar-refractivity contribution in [2.75, 3.05) is 38.3 Å². The Morgan fingerprint density at radius 2 is 1.90 bits per heavy atom. The van der Waals surface area contributed by atoms with E-state index in [4.69, 9.17) is 11.6 Å². The van der Waals surface area contributed by atoms with Gasteiger partial charge in [-0.1, -0.05) is 41.1 Å². The molecule has 0 N–H and O–H groups in total. The topological polar surface area (TPSA) is 70.6 Å². The largest absolute Gasteiger partial charge is 0.308 e. The molecule has 0 saturated heterocycles. The lowest BCUT2D eigenvalue weighted by atomic mass is 10.2. The molecule has 30 heavy (non-hydrogen) atoms. The molecule has 2 aromatic carbocycles. The van der Waals surface area contributed by atoms with Gasteiger partial charge in [0.15, 0.2) is 15.0 Å². The number of benzene rings is 2. The fourth-order valence-corrected chi connectivity index (χ4v) is 4.66. The summed E-state index contributed by atoms with van der Waals surface area (Å²) in [6, 6.07) is 12.1. The number of thiazole rings is 1. The second kappa shape index (κ2) is 9.26. The van der Waals surface area contributed by atoms with Gasteiger partial charge in [0.25, 0.3) is 5.91 Å². The number of carbonyl (C=O) groups excluding carboxylic acids is 1. The van der Waals surface area contributed by atoms with E-state index in [-0.39, 0.29) is 10.8 Å². The van der Waals surface area contributed by atoms with E-state index < -0.39 is 9.84 Å². The highest BCUT2D eigenvalue weighted by Crippen LogP contribution is 2.31. The number of fused-ring (bicyclic) bond motifs is 1. The third-order valence-electron chi connectivity index (χ3n) is 4.36. The SMILES string of the molecule is CN(C)CCN(C(=O)C=Cc1ccccc1Cl)c1nc2ccc(S(C)(=O)=O)cc2s1. The van der Waals surface area contributed by atoms with Crippen molar-refractivity contribution in [1.29, 1.82) is 0 Å². The molecule has 3 aromatic rings. The lowest BCUT2D eigenvalue weighted by Crippen LogP contribution is -2.35. The summed E-state index contributed by atoms with van der Waals surface area (Å²) in [6.07, 6.45) is 4.33. The van der Waals surface area contributed by atoms with Gasteiger partial charge in [-0.05, 0) is 50.0 Å². The number of hydrogen-bond donors (Lipinski definition) is 0. The van der Waals surface area contributed by atoms with Gasteiger partial charge in [-0.15, -0.1) is 0 Å². The average Bonchev–Trinajstić information content (AvgIpc) is 3.09. The summed E-state index contributed by atoms with van der Waals surface area (Å²) >= 11 is 7.46. The smallest absolute Gasteiger partial charge is 0.252 e. The monoisotopic (exact) mass is 463 g/mol. The van der Waals surface area contributed by atoms with Crippen LogP contribution in [0, 0.1) is 0 Å². The van der Waals surface area contributed by atoms with Crippen LogP contribution in [0.4, 0.5) is 5.13 Å². The first-order chi connectivity index (χ1) is 14.1. The molecule has 0 saturated carbocycles. The van der Waals surface area contributed by atoms with Crippen LogP contribution in [0.15, 0.2) is 53.4 Å². The van der Waals surface area contributed by atoms with Crippen LogP contribution >= 0.6 is 22.9 Å². The summed E-state index contributed by atoms with van der Waals surface area (Å²) in [5.41, 5.74) is 1.40. The molecule has 0 spiro atoms. The molecule has 3 rings (SSSR count). The third-order valence-corrected chi connectivity index (χ3v) is 6.85. The molecule has 9 heteroatoms. The lowest BCUT2D eigenvalue weighted by molar-refractivity contribution is -0.114. The Morgan fingerprint density at radius 1 is 1.17 bits per heavy atom. The van der Waals surface area contributed by atoms with E-state index in [0.29, 0.717) is 33.5 Å². The second-order valence-corrected chi connectivity index (χ2v) is 10.5. The van der Waals surface area contributed by atoms with Gasteiger partial charge in [0.05, 0.1) is 15.1 Å². The zero-order chi connectivity index (χ0) is 21.9. The van der Waals surface area contributed by atoms with E-state index in [1.54, 1.807) is 29.2 Å². The molecule has 0 aliphatic carbocycles. The van der Waals surface area contributed by atoms with E-state index in [0.717, 1.165) is 5.56 Å². The lowest BCUT2D eigenvalue weighted by Gasteiger charge is -2.20. The van der Waals surface area contributed by atoms with Crippen molar-refractivity contribution >= 4 is 60.1 Å². The maximum Gasteiger partial charge on any atom is 0.252 e.